The number of morpholine rings is 1. The maximum Gasteiger partial charge on any atom is 0.257 e. The summed E-state index contributed by atoms with van der Waals surface area (Å²) in [5, 5.41) is 2.83. The third-order valence-corrected chi connectivity index (χ3v) is 5.12. The zero-order valence-corrected chi connectivity index (χ0v) is 15.5. The number of furan rings is 1. The molecule has 2 aliphatic rings. The van der Waals surface area contributed by atoms with Crippen LogP contribution in [0, 0.1) is 0 Å². The summed E-state index contributed by atoms with van der Waals surface area (Å²) < 4.78 is 11.0. The maximum atomic E-state index is 13.0. The van der Waals surface area contributed by atoms with Crippen LogP contribution in [0.4, 0.5) is 0 Å². The van der Waals surface area contributed by atoms with Gasteiger partial charge in [0, 0.05) is 39.1 Å². The maximum absolute atomic E-state index is 13.0. The third kappa shape index (κ3) is 5.08. The second kappa shape index (κ2) is 9.19. The molecule has 144 valence electrons. The number of rotatable bonds is 6. The molecule has 1 N–H and O–H groups in total. The van der Waals surface area contributed by atoms with E-state index in [1.807, 2.05) is 11.0 Å². The summed E-state index contributed by atoms with van der Waals surface area (Å²) in [7, 11) is 0. The molecule has 0 spiro atoms. The monoisotopic (exact) mass is 363 g/mol. The van der Waals surface area contributed by atoms with Gasteiger partial charge in [-0.05, 0) is 31.7 Å². The van der Waals surface area contributed by atoms with Crippen LogP contribution in [0.15, 0.2) is 16.7 Å². The average molecular weight is 363 g/mol. The number of piperidine rings is 1. The zero-order valence-electron chi connectivity index (χ0n) is 15.5. The number of amides is 2. The van der Waals surface area contributed by atoms with E-state index in [2.05, 4.69) is 10.2 Å². The fourth-order valence-electron chi connectivity index (χ4n) is 3.70. The SMILES string of the molecule is CC(=O)NCC[C@@H]1CCCCN1C(=O)c1coc(CN2CCOCC2)c1. The highest BCUT2D eigenvalue weighted by molar-refractivity contribution is 5.94. The lowest BCUT2D eigenvalue weighted by Gasteiger charge is -2.35. The predicted molar refractivity (Wildman–Crippen MR) is 96.8 cm³/mol. The minimum absolute atomic E-state index is 0.0266. The van der Waals surface area contributed by atoms with E-state index in [4.69, 9.17) is 9.15 Å². The molecule has 1 atom stereocenters. The summed E-state index contributed by atoms with van der Waals surface area (Å²) in [4.78, 5) is 28.3. The molecule has 0 aromatic carbocycles. The zero-order chi connectivity index (χ0) is 18.4. The molecule has 3 heterocycles. The largest absolute Gasteiger partial charge is 0.467 e. The second-order valence-electron chi connectivity index (χ2n) is 7.11. The Morgan fingerprint density at radius 1 is 1.23 bits per heavy atom. The summed E-state index contributed by atoms with van der Waals surface area (Å²) in [5.74, 6) is 0.831. The van der Waals surface area contributed by atoms with Crippen molar-refractivity contribution in [2.45, 2.75) is 45.2 Å². The number of carbonyl (C=O) groups excluding carboxylic acids is 2. The Balaban J connectivity index is 1.58. The van der Waals surface area contributed by atoms with Crippen LogP contribution < -0.4 is 5.32 Å². The highest BCUT2D eigenvalue weighted by Gasteiger charge is 2.28. The van der Waals surface area contributed by atoms with Crippen molar-refractivity contribution in [1.29, 1.82) is 0 Å². The third-order valence-electron chi connectivity index (χ3n) is 5.12. The van der Waals surface area contributed by atoms with Crippen LogP contribution in [-0.4, -0.2) is 67.0 Å². The first kappa shape index (κ1) is 18.9. The van der Waals surface area contributed by atoms with Crippen LogP contribution in [0.5, 0.6) is 0 Å². The Morgan fingerprint density at radius 3 is 2.81 bits per heavy atom. The van der Waals surface area contributed by atoms with Gasteiger partial charge >= 0.3 is 0 Å². The van der Waals surface area contributed by atoms with Gasteiger partial charge in [0.05, 0.1) is 25.3 Å². The van der Waals surface area contributed by atoms with E-state index in [9.17, 15) is 9.59 Å². The first-order valence-electron chi connectivity index (χ1n) is 9.56. The van der Waals surface area contributed by atoms with Crippen molar-refractivity contribution in [2.75, 3.05) is 39.4 Å². The van der Waals surface area contributed by atoms with Crippen molar-refractivity contribution in [2.24, 2.45) is 0 Å². The summed E-state index contributed by atoms with van der Waals surface area (Å²) >= 11 is 0. The minimum Gasteiger partial charge on any atom is -0.467 e. The number of nitrogens with one attached hydrogen (secondary N) is 1. The van der Waals surface area contributed by atoms with Crippen molar-refractivity contribution < 1.29 is 18.7 Å². The predicted octanol–water partition coefficient (Wildman–Crippen LogP) is 1.63. The van der Waals surface area contributed by atoms with E-state index in [0.29, 0.717) is 18.7 Å². The van der Waals surface area contributed by atoms with Gasteiger partial charge in [-0.2, -0.15) is 0 Å². The Morgan fingerprint density at radius 2 is 2.04 bits per heavy atom. The number of nitrogens with zero attached hydrogens (tertiary/aromatic N) is 2. The number of hydrogen-bond acceptors (Lipinski definition) is 5. The molecule has 0 saturated carbocycles. The van der Waals surface area contributed by atoms with E-state index in [0.717, 1.165) is 64.3 Å². The lowest BCUT2D eigenvalue weighted by Crippen LogP contribution is -2.45. The van der Waals surface area contributed by atoms with E-state index >= 15 is 0 Å². The standard InChI is InChI=1S/C19H29N3O4/c1-15(23)20-6-5-17-4-2-3-7-22(17)19(24)16-12-18(26-14-16)13-21-8-10-25-11-9-21/h12,14,17H,2-11,13H2,1H3,(H,20,23)/t17-/m0/s1. The number of ether oxygens (including phenoxy) is 1. The summed E-state index contributed by atoms with van der Waals surface area (Å²) in [6, 6.07) is 2.05. The summed E-state index contributed by atoms with van der Waals surface area (Å²) in [5.41, 5.74) is 0.625. The van der Waals surface area contributed by atoms with Crippen LogP contribution >= 0.6 is 0 Å². The first-order chi connectivity index (χ1) is 12.6. The molecule has 2 aliphatic heterocycles. The molecule has 0 aliphatic carbocycles. The molecular weight excluding hydrogens is 334 g/mol. The van der Waals surface area contributed by atoms with Crippen LogP contribution in [0.3, 0.4) is 0 Å². The number of carbonyl (C=O) groups is 2. The topological polar surface area (TPSA) is 75.0 Å². The molecule has 7 heteroatoms. The van der Waals surface area contributed by atoms with E-state index in [1.54, 1.807) is 6.26 Å². The molecular formula is C19H29N3O4. The van der Waals surface area contributed by atoms with Gasteiger partial charge in [0.25, 0.3) is 5.91 Å². The highest BCUT2D eigenvalue weighted by Crippen LogP contribution is 2.23. The summed E-state index contributed by atoms with van der Waals surface area (Å²) in [6.07, 6.45) is 5.52. The van der Waals surface area contributed by atoms with Gasteiger partial charge in [-0.25, -0.2) is 0 Å². The molecule has 0 unspecified atom stereocenters. The smallest absolute Gasteiger partial charge is 0.257 e. The quantitative estimate of drug-likeness (QED) is 0.831. The molecule has 3 rings (SSSR count). The van der Waals surface area contributed by atoms with Gasteiger partial charge in [0.15, 0.2) is 0 Å². The van der Waals surface area contributed by atoms with Crippen molar-refractivity contribution in [3.05, 3.63) is 23.7 Å². The molecule has 1 aromatic heterocycles. The van der Waals surface area contributed by atoms with Crippen molar-refractivity contribution in [1.82, 2.24) is 15.1 Å². The molecule has 2 saturated heterocycles. The molecule has 0 radical (unpaired) electrons. The van der Waals surface area contributed by atoms with Gasteiger partial charge in [-0.15, -0.1) is 0 Å². The van der Waals surface area contributed by atoms with Gasteiger partial charge in [-0.3, -0.25) is 14.5 Å². The van der Waals surface area contributed by atoms with Crippen LogP contribution in [0.25, 0.3) is 0 Å². The van der Waals surface area contributed by atoms with Gasteiger partial charge < -0.3 is 19.4 Å². The lowest BCUT2D eigenvalue weighted by atomic mass is 9.98. The molecule has 2 amide bonds. The Kier molecular flexibility index (Phi) is 6.68. The van der Waals surface area contributed by atoms with Crippen LogP contribution in [-0.2, 0) is 16.1 Å². The number of hydrogen-bond donors (Lipinski definition) is 1. The minimum atomic E-state index is -0.0266. The van der Waals surface area contributed by atoms with Crippen LogP contribution in [0.2, 0.25) is 0 Å². The van der Waals surface area contributed by atoms with E-state index in [-0.39, 0.29) is 17.9 Å². The average Bonchev–Trinajstić information content (AvgIpc) is 3.10. The van der Waals surface area contributed by atoms with Crippen molar-refractivity contribution >= 4 is 11.8 Å². The molecule has 2 fully saturated rings. The Labute approximate surface area is 154 Å². The van der Waals surface area contributed by atoms with E-state index in [1.165, 1.54) is 6.92 Å². The molecule has 7 nitrogen and oxygen atoms in total. The van der Waals surface area contributed by atoms with Gasteiger partial charge in [0.1, 0.15) is 12.0 Å². The molecule has 26 heavy (non-hydrogen) atoms. The summed E-state index contributed by atoms with van der Waals surface area (Å²) in [6.45, 7) is 6.88. The fourth-order valence-corrected chi connectivity index (χ4v) is 3.70. The first-order valence-corrected chi connectivity index (χ1v) is 9.56. The van der Waals surface area contributed by atoms with Crippen molar-refractivity contribution in [3.63, 3.8) is 0 Å². The molecule has 0 bridgehead atoms. The van der Waals surface area contributed by atoms with E-state index < -0.39 is 0 Å². The fraction of sp³-hybridized carbons (Fsp3) is 0.684. The molecule has 1 aromatic rings. The number of likely N-dealkylation sites (tertiary alicyclic amines) is 1. The Hall–Kier alpha value is -1.86. The normalized spacial score (nSPS) is 21.6. The Bertz CT molecular complexity index is 610. The van der Waals surface area contributed by atoms with Crippen molar-refractivity contribution in [3.8, 4) is 0 Å². The second-order valence-corrected chi connectivity index (χ2v) is 7.11. The van der Waals surface area contributed by atoms with Crippen LogP contribution in [0.1, 0.15) is 48.7 Å². The van der Waals surface area contributed by atoms with Gasteiger partial charge in [0.2, 0.25) is 5.91 Å². The van der Waals surface area contributed by atoms with Gasteiger partial charge in [-0.1, -0.05) is 0 Å². The highest BCUT2D eigenvalue weighted by atomic mass is 16.5. The lowest BCUT2D eigenvalue weighted by molar-refractivity contribution is -0.119.